The van der Waals surface area contributed by atoms with E-state index in [1.165, 1.54) is 18.2 Å². The van der Waals surface area contributed by atoms with Crippen LogP contribution in [0.4, 0.5) is 5.69 Å². The number of carbonyl (C=O) groups is 1. The maximum absolute atomic E-state index is 13.1. The smallest absolute Gasteiger partial charge is 0.242 e. The minimum absolute atomic E-state index is 0.0205. The summed E-state index contributed by atoms with van der Waals surface area (Å²) >= 11 is 12.1. The van der Waals surface area contributed by atoms with E-state index in [1.54, 1.807) is 6.07 Å². The average Bonchev–Trinajstić information content (AvgIpc) is 2.76. The summed E-state index contributed by atoms with van der Waals surface area (Å²) in [4.78, 5) is 13.0. The normalized spacial score (nSPS) is 12.4. The molecule has 5 nitrogen and oxygen atoms in total. The van der Waals surface area contributed by atoms with Crippen LogP contribution in [0.1, 0.15) is 18.1 Å². The van der Waals surface area contributed by atoms with Crippen LogP contribution in [-0.2, 0) is 27.7 Å². The third-order valence-electron chi connectivity index (χ3n) is 4.74. The van der Waals surface area contributed by atoms with Crippen LogP contribution < -0.4 is 10.0 Å². The lowest BCUT2D eigenvalue weighted by Crippen LogP contribution is -2.45. The van der Waals surface area contributed by atoms with Crippen LogP contribution in [0.15, 0.2) is 77.7 Å². The molecule has 0 unspecified atom stereocenters. The highest BCUT2D eigenvalue weighted by atomic mass is 35.5. The Labute approximate surface area is 192 Å². The molecule has 0 fully saturated rings. The van der Waals surface area contributed by atoms with E-state index in [0.29, 0.717) is 5.69 Å². The van der Waals surface area contributed by atoms with Crippen molar-refractivity contribution in [1.82, 2.24) is 4.72 Å². The number of hydrogen-bond donors (Lipinski definition) is 2. The van der Waals surface area contributed by atoms with Gasteiger partial charge in [-0.05, 0) is 48.2 Å². The molecule has 0 saturated carbocycles. The number of carbonyl (C=O) groups excluding carboxylic acids is 1. The Bertz CT molecular complexity index is 1170. The molecule has 0 bridgehead atoms. The lowest BCUT2D eigenvalue weighted by Gasteiger charge is -2.20. The Hall–Kier alpha value is -2.38. The van der Waals surface area contributed by atoms with Gasteiger partial charge >= 0.3 is 0 Å². The maximum Gasteiger partial charge on any atom is 0.242 e. The van der Waals surface area contributed by atoms with Gasteiger partial charge < -0.3 is 5.32 Å². The topological polar surface area (TPSA) is 75.3 Å². The minimum Gasteiger partial charge on any atom is -0.324 e. The number of rotatable bonds is 8. The average molecular weight is 477 g/mol. The molecular weight excluding hydrogens is 455 g/mol. The van der Waals surface area contributed by atoms with Crippen LogP contribution in [0.25, 0.3) is 0 Å². The number of halogens is 2. The van der Waals surface area contributed by atoms with Crippen molar-refractivity contribution < 1.29 is 13.2 Å². The molecule has 0 radical (unpaired) electrons. The highest BCUT2D eigenvalue weighted by molar-refractivity contribution is 7.89. The summed E-state index contributed by atoms with van der Waals surface area (Å²) in [5.41, 5.74) is 2.41. The number of amides is 1. The Morgan fingerprint density at radius 1 is 0.968 bits per heavy atom. The van der Waals surface area contributed by atoms with Crippen LogP contribution in [0, 0.1) is 0 Å². The van der Waals surface area contributed by atoms with Gasteiger partial charge in [-0.15, -0.1) is 0 Å². The second-order valence-electron chi connectivity index (χ2n) is 6.94. The van der Waals surface area contributed by atoms with Crippen LogP contribution in [0.3, 0.4) is 0 Å². The van der Waals surface area contributed by atoms with Gasteiger partial charge in [0.2, 0.25) is 15.9 Å². The zero-order chi connectivity index (χ0) is 22.4. The first-order valence-corrected chi connectivity index (χ1v) is 11.9. The van der Waals surface area contributed by atoms with Gasteiger partial charge in [0, 0.05) is 10.7 Å². The van der Waals surface area contributed by atoms with Crippen molar-refractivity contribution in [3.8, 4) is 0 Å². The lowest BCUT2D eigenvalue weighted by atomic mass is 10.1. The molecule has 1 amide bonds. The van der Waals surface area contributed by atoms with Crippen molar-refractivity contribution in [3.63, 3.8) is 0 Å². The molecule has 3 rings (SSSR count). The number of sulfonamides is 1. The number of hydrogen-bond acceptors (Lipinski definition) is 3. The summed E-state index contributed by atoms with van der Waals surface area (Å²) in [5, 5.41) is 3.10. The molecular formula is C23H22Cl2N2O3S. The first-order valence-electron chi connectivity index (χ1n) is 9.70. The molecule has 0 spiro atoms. The standard InChI is InChI=1S/C23H22Cl2N2O3S/c1-2-17-10-6-7-11-20(17)26-23(28)21(14-16-8-4-3-5-9-16)27-31(29,30)22-15-18(24)12-13-19(22)25/h3-13,15,21,27H,2,14H2,1H3,(H,26,28)/t21-/m1/s1. The fourth-order valence-electron chi connectivity index (χ4n) is 3.14. The number of aryl methyl sites for hydroxylation is 1. The van der Waals surface area contributed by atoms with Gasteiger partial charge in [0.25, 0.3) is 0 Å². The van der Waals surface area contributed by atoms with E-state index >= 15 is 0 Å². The van der Waals surface area contributed by atoms with Gasteiger partial charge in [-0.25, -0.2) is 8.42 Å². The van der Waals surface area contributed by atoms with Gasteiger partial charge in [0.05, 0.1) is 5.02 Å². The molecule has 0 aliphatic rings. The Kier molecular flexibility index (Phi) is 7.73. The van der Waals surface area contributed by atoms with Gasteiger partial charge in [-0.1, -0.05) is 78.7 Å². The molecule has 1 atom stereocenters. The van der Waals surface area contributed by atoms with Crippen molar-refractivity contribution in [2.75, 3.05) is 5.32 Å². The molecule has 0 aliphatic heterocycles. The third kappa shape index (κ3) is 6.08. The second-order valence-corrected chi connectivity index (χ2v) is 9.46. The van der Waals surface area contributed by atoms with Crippen molar-refractivity contribution in [3.05, 3.63) is 94.0 Å². The minimum atomic E-state index is -4.11. The molecule has 162 valence electrons. The van der Waals surface area contributed by atoms with Crippen molar-refractivity contribution in [2.45, 2.75) is 30.7 Å². The number of para-hydroxylation sites is 1. The van der Waals surface area contributed by atoms with Gasteiger partial charge in [0.15, 0.2) is 0 Å². The molecule has 0 saturated heterocycles. The largest absolute Gasteiger partial charge is 0.324 e. The summed E-state index contributed by atoms with van der Waals surface area (Å²) in [5.74, 6) is -0.466. The molecule has 2 N–H and O–H groups in total. The van der Waals surface area contributed by atoms with E-state index in [9.17, 15) is 13.2 Å². The third-order valence-corrected chi connectivity index (χ3v) is 6.92. The Balaban J connectivity index is 1.92. The van der Waals surface area contributed by atoms with Crippen molar-refractivity contribution >= 4 is 44.8 Å². The van der Waals surface area contributed by atoms with Crippen molar-refractivity contribution in [2.24, 2.45) is 0 Å². The molecule has 3 aromatic carbocycles. The van der Waals surface area contributed by atoms with E-state index in [0.717, 1.165) is 17.5 Å². The molecule has 3 aromatic rings. The van der Waals surface area contributed by atoms with Crippen LogP contribution in [0.2, 0.25) is 10.0 Å². The van der Waals surface area contributed by atoms with Crippen LogP contribution in [0.5, 0.6) is 0 Å². The van der Waals surface area contributed by atoms with E-state index < -0.39 is 22.0 Å². The summed E-state index contributed by atoms with van der Waals surface area (Å²) in [6, 6.07) is 19.7. The summed E-state index contributed by atoms with van der Waals surface area (Å²) in [6.45, 7) is 1.98. The first kappa shape index (κ1) is 23.3. The van der Waals surface area contributed by atoms with E-state index in [1.807, 2.05) is 55.5 Å². The zero-order valence-corrected chi connectivity index (χ0v) is 19.1. The quantitative estimate of drug-likeness (QED) is 0.475. The molecule has 0 aromatic heterocycles. The zero-order valence-electron chi connectivity index (χ0n) is 16.8. The van der Waals surface area contributed by atoms with Crippen LogP contribution in [-0.4, -0.2) is 20.4 Å². The molecule has 0 heterocycles. The SMILES string of the molecule is CCc1ccccc1NC(=O)[C@@H](Cc1ccccc1)NS(=O)(=O)c1cc(Cl)ccc1Cl. The summed E-state index contributed by atoms with van der Waals surface area (Å²) in [6.07, 6.45) is 0.891. The highest BCUT2D eigenvalue weighted by Gasteiger charge is 2.28. The first-order chi connectivity index (χ1) is 14.8. The summed E-state index contributed by atoms with van der Waals surface area (Å²) in [7, 11) is -4.11. The molecule has 8 heteroatoms. The number of anilines is 1. The molecule has 0 aliphatic carbocycles. The highest BCUT2D eigenvalue weighted by Crippen LogP contribution is 2.25. The second kappa shape index (κ2) is 10.3. The molecule has 31 heavy (non-hydrogen) atoms. The Morgan fingerprint density at radius 2 is 1.65 bits per heavy atom. The fraction of sp³-hybridized carbons (Fsp3) is 0.174. The maximum atomic E-state index is 13.1. The summed E-state index contributed by atoms with van der Waals surface area (Å²) < 4.78 is 28.6. The van der Waals surface area contributed by atoms with E-state index in [4.69, 9.17) is 23.2 Å². The van der Waals surface area contributed by atoms with Gasteiger partial charge in [-0.3, -0.25) is 4.79 Å². The lowest BCUT2D eigenvalue weighted by molar-refractivity contribution is -0.117. The van der Waals surface area contributed by atoms with Crippen LogP contribution >= 0.6 is 23.2 Å². The van der Waals surface area contributed by atoms with Gasteiger partial charge in [0.1, 0.15) is 10.9 Å². The van der Waals surface area contributed by atoms with Crippen molar-refractivity contribution in [1.29, 1.82) is 0 Å². The fourth-order valence-corrected chi connectivity index (χ4v) is 5.10. The monoisotopic (exact) mass is 476 g/mol. The number of benzene rings is 3. The van der Waals surface area contributed by atoms with E-state index in [2.05, 4.69) is 10.0 Å². The predicted octanol–water partition coefficient (Wildman–Crippen LogP) is 5.08. The Morgan fingerprint density at radius 3 is 2.35 bits per heavy atom. The van der Waals surface area contributed by atoms with E-state index in [-0.39, 0.29) is 21.4 Å². The number of nitrogens with one attached hydrogen (secondary N) is 2. The predicted molar refractivity (Wildman–Crippen MR) is 125 cm³/mol. The van der Waals surface area contributed by atoms with Gasteiger partial charge in [-0.2, -0.15) is 4.72 Å².